The smallest absolute Gasteiger partial charge is 0.490 e. The van der Waals surface area contributed by atoms with Crippen LogP contribution < -0.4 is 10.2 Å². The Morgan fingerprint density at radius 1 is 1.06 bits per heavy atom. The lowest BCUT2D eigenvalue weighted by molar-refractivity contribution is -0.165. The molecule has 2 rings (SSSR count). The van der Waals surface area contributed by atoms with Gasteiger partial charge in [-0.15, -0.1) is 0 Å². The van der Waals surface area contributed by atoms with E-state index in [1.807, 2.05) is 27.7 Å². The van der Waals surface area contributed by atoms with Crippen LogP contribution in [0.3, 0.4) is 0 Å². The zero-order chi connectivity index (χ0) is 26.3. The van der Waals surface area contributed by atoms with Gasteiger partial charge in [0.15, 0.2) is 14.4 Å². The van der Waals surface area contributed by atoms with Crippen molar-refractivity contribution in [1.82, 2.24) is 0 Å². The average molecular weight is 497 g/mol. The molecule has 0 N–H and O–H groups in total. The van der Waals surface area contributed by atoms with Crippen LogP contribution in [0.5, 0.6) is 5.75 Å². The van der Waals surface area contributed by atoms with Crippen molar-refractivity contribution in [2.24, 2.45) is 0 Å². The maximum atomic E-state index is 15.0. The fourth-order valence-corrected chi connectivity index (χ4v) is 4.21. The standard InChI is InChI=1S/C25H42BFO6Si/c1-22(2,3)30-21(28)20(31-34(11,12)23(4,5)6)16-29-17-13-14-18(19(27)15-17)26-32-24(7,8)25(9,10)33-26/h13-15,20H,16H2,1-12H3/t20-/m1/s1. The zero-order valence-electron chi connectivity index (χ0n) is 22.9. The highest BCUT2D eigenvalue weighted by atomic mass is 28.4. The molecule has 1 fully saturated rings. The fourth-order valence-electron chi connectivity index (χ4n) is 2.98. The highest BCUT2D eigenvalue weighted by Crippen LogP contribution is 2.38. The van der Waals surface area contributed by atoms with Crippen LogP contribution in [0.4, 0.5) is 4.39 Å². The summed E-state index contributed by atoms with van der Waals surface area (Å²) in [6.07, 6.45) is -0.925. The van der Waals surface area contributed by atoms with Gasteiger partial charge in [0.25, 0.3) is 0 Å². The number of rotatable bonds is 7. The maximum absolute atomic E-state index is 15.0. The van der Waals surface area contributed by atoms with Crippen molar-refractivity contribution >= 4 is 26.9 Å². The van der Waals surface area contributed by atoms with Gasteiger partial charge in [0.1, 0.15) is 23.8 Å². The van der Waals surface area contributed by atoms with Gasteiger partial charge >= 0.3 is 13.1 Å². The van der Waals surface area contributed by atoms with E-state index < -0.39 is 50.1 Å². The molecule has 1 aliphatic heterocycles. The summed E-state index contributed by atoms with van der Waals surface area (Å²) in [4.78, 5) is 12.9. The minimum Gasteiger partial charge on any atom is -0.490 e. The van der Waals surface area contributed by atoms with E-state index in [-0.39, 0.29) is 17.4 Å². The minimum absolute atomic E-state index is 0.0866. The molecule has 34 heavy (non-hydrogen) atoms. The van der Waals surface area contributed by atoms with Crippen molar-refractivity contribution in [3.8, 4) is 5.75 Å². The van der Waals surface area contributed by atoms with E-state index in [1.165, 1.54) is 6.07 Å². The molecule has 1 saturated heterocycles. The zero-order valence-corrected chi connectivity index (χ0v) is 23.9. The Hall–Kier alpha value is -1.42. The first-order valence-electron chi connectivity index (χ1n) is 11.8. The lowest BCUT2D eigenvalue weighted by Crippen LogP contribution is -2.49. The van der Waals surface area contributed by atoms with Gasteiger partial charge in [-0.3, -0.25) is 0 Å². The predicted molar refractivity (Wildman–Crippen MR) is 136 cm³/mol. The number of ether oxygens (including phenoxy) is 2. The van der Waals surface area contributed by atoms with Gasteiger partial charge in [-0.05, 0) is 72.7 Å². The van der Waals surface area contributed by atoms with Crippen molar-refractivity contribution in [1.29, 1.82) is 0 Å². The SMILES string of the molecule is CC(C)(C)OC(=O)[C@@H](COc1ccc(B2OC(C)(C)C(C)(C)O2)c(F)c1)O[Si](C)(C)C(C)(C)C. The number of carbonyl (C=O) groups excluding carboxylic acids is 1. The molecule has 1 aliphatic rings. The van der Waals surface area contributed by atoms with E-state index >= 15 is 0 Å². The van der Waals surface area contributed by atoms with E-state index in [2.05, 4.69) is 33.9 Å². The second-order valence-corrected chi connectivity index (χ2v) is 17.2. The Balaban J connectivity index is 2.18. The molecule has 192 valence electrons. The highest BCUT2D eigenvalue weighted by molar-refractivity contribution is 6.74. The van der Waals surface area contributed by atoms with E-state index in [0.717, 1.165) is 0 Å². The Morgan fingerprint density at radius 3 is 2.03 bits per heavy atom. The monoisotopic (exact) mass is 496 g/mol. The van der Waals surface area contributed by atoms with Gasteiger partial charge in [0, 0.05) is 11.5 Å². The molecule has 9 heteroatoms. The van der Waals surface area contributed by atoms with E-state index in [0.29, 0.717) is 5.46 Å². The van der Waals surface area contributed by atoms with Crippen molar-refractivity contribution in [2.45, 2.75) is 110 Å². The molecule has 1 heterocycles. The summed E-state index contributed by atoms with van der Waals surface area (Å²) in [5, 5.41) is -0.107. The predicted octanol–water partition coefficient (Wildman–Crippen LogP) is 5.24. The maximum Gasteiger partial charge on any atom is 0.497 e. The summed E-state index contributed by atoms with van der Waals surface area (Å²) < 4.78 is 44.6. The summed E-state index contributed by atoms with van der Waals surface area (Å²) in [5.41, 5.74) is -1.50. The molecule has 0 aromatic heterocycles. The third-order valence-corrected chi connectivity index (χ3v) is 11.3. The van der Waals surface area contributed by atoms with Crippen LogP contribution in [0.15, 0.2) is 18.2 Å². The van der Waals surface area contributed by atoms with Gasteiger partial charge < -0.3 is 23.2 Å². The second-order valence-electron chi connectivity index (χ2n) is 12.5. The topological polar surface area (TPSA) is 63.2 Å². The Kier molecular flexibility index (Phi) is 8.10. The number of carbonyl (C=O) groups is 1. The molecule has 1 atom stereocenters. The van der Waals surface area contributed by atoms with Crippen molar-refractivity contribution in [3.05, 3.63) is 24.0 Å². The molecule has 0 saturated carbocycles. The Bertz CT molecular complexity index is 872. The molecule has 0 aliphatic carbocycles. The van der Waals surface area contributed by atoms with Crippen LogP contribution in [0, 0.1) is 5.82 Å². The van der Waals surface area contributed by atoms with Crippen molar-refractivity contribution < 1.29 is 32.4 Å². The first-order valence-corrected chi connectivity index (χ1v) is 14.7. The van der Waals surface area contributed by atoms with E-state index in [9.17, 15) is 9.18 Å². The van der Waals surface area contributed by atoms with Crippen LogP contribution >= 0.6 is 0 Å². The quantitative estimate of drug-likeness (QED) is 0.380. The average Bonchev–Trinajstić information content (AvgIpc) is 2.83. The summed E-state index contributed by atoms with van der Waals surface area (Å²) in [6, 6.07) is 4.50. The summed E-state index contributed by atoms with van der Waals surface area (Å²) in [7, 11) is -3.11. The van der Waals surface area contributed by atoms with Crippen LogP contribution in [-0.4, -0.2) is 50.9 Å². The molecule has 0 bridgehead atoms. The van der Waals surface area contributed by atoms with Gasteiger partial charge in [-0.1, -0.05) is 26.8 Å². The van der Waals surface area contributed by atoms with Gasteiger partial charge in [0.05, 0.1) is 11.2 Å². The van der Waals surface area contributed by atoms with Crippen molar-refractivity contribution in [2.75, 3.05) is 6.61 Å². The van der Waals surface area contributed by atoms with Crippen LogP contribution in [0.1, 0.15) is 69.2 Å². The lowest BCUT2D eigenvalue weighted by atomic mass is 9.78. The molecule has 6 nitrogen and oxygen atoms in total. The minimum atomic E-state index is -2.30. The summed E-state index contributed by atoms with van der Waals surface area (Å²) in [5.74, 6) is -0.716. The number of halogens is 1. The molecule has 1 aromatic carbocycles. The Labute approximate surface area is 206 Å². The largest absolute Gasteiger partial charge is 0.497 e. The molecule has 1 aromatic rings. The fraction of sp³-hybridized carbons (Fsp3) is 0.720. The van der Waals surface area contributed by atoms with Gasteiger partial charge in [0.2, 0.25) is 0 Å². The van der Waals surface area contributed by atoms with E-state index in [1.54, 1.807) is 32.9 Å². The number of benzene rings is 1. The first kappa shape index (κ1) is 28.8. The van der Waals surface area contributed by atoms with Crippen LogP contribution in [0.2, 0.25) is 18.1 Å². The highest BCUT2D eigenvalue weighted by Gasteiger charge is 2.52. The molecule has 0 unspecified atom stereocenters. The van der Waals surface area contributed by atoms with Gasteiger partial charge in [-0.25, -0.2) is 9.18 Å². The van der Waals surface area contributed by atoms with Crippen LogP contribution in [0.25, 0.3) is 0 Å². The number of hydrogen-bond donors (Lipinski definition) is 0. The summed E-state index contributed by atoms with van der Waals surface area (Å²) >= 11 is 0. The second kappa shape index (κ2) is 9.56. The molecular weight excluding hydrogens is 454 g/mol. The molecule has 0 amide bonds. The van der Waals surface area contributed by atoms with Gasteiger partial charge in [-0.2, -0.15) is 0 Å². The first-order chi connectivity index (χ1) is 15.2. The number of hydrogen-bond acceptors (Lipinski definition) is 6. The van der Waals surface area contributed by atoms with Crippen molar-refractivity contribution in [3.63, 3.8) is 0 Å². The number of esters is 1. The Morgan fingerprint density at radius 2 is 1.59 bits per heavy atom. The molecular formula is C25H42BFO6Si. The third kappa shape index (κ3) is 6.83. The van der Waals surface area contributed by atoms with E-state index in [4.69, 9.17) is 23.2 Å². The molecule has 0 radical (unpaired) electrons. The molecule has 0 spiro atoms. The van der Waals surface area contributed by atoms with Crippen LogP contribution in [-0.2, 0) is 23.3 Å². The normalized spacial score (nSPS) is 19.1. The lowest BCUT2D eigenvalue weighted by Gasteiger charge is -2.39. The third-order valence-electron chi connectivity index (χ3n) is 6.79. The summed E-state index contributed by atoms with van der Waals surface area (Å²) in [6.45, 7) is 23.4.